The van der Waals surface area contributed by atoms with E-state index < -0.39 is 5.54 Å². The molecule has 1 saturated carbocycles. The summed E-state index contributed by atoms with van der Waals surface area (Å²) in [5.41, 5.74) is 1.16. The van der Waals surface area contributed by atoms with Gasteiger partial charge in [-0.25, -0.2) is 4.98 Å². The van der Waals surface area contributed by atoms with Gasteiger partial charge < -0.3 is 5.32 Å². The summed E-state index contributed by atoms with van der Waals surface area (Å²) in [6.45, 7) is 3.93. The highest BCUT2D eigenvalue weighted by Gasteiger charge is 2.29. The van der Waals surface area contributed by atoms with Gasteiger partial charge in [0.15, 0.2) is 5.16 Å². The van der Waals surface area contributed by atoms with Crippen LogP contribution in [-0.4, -0.2) is 26.8 Å². The van der Waals surface area contributed by atoms with E-state index in [-0.39, 0.29) is 17.2 Å². The molecule has 1 aliphatic rings. The van der Waals surface area contributed by atoms with Crippen molar-refractivity contribution in [2.75, 3.05) is 5.75 Å². The van der Waals surface area contributed by atoms with Gasteiger partial charge in [-0.2, -0.15) is 0 Å². The Balaban J connectivity index is 1.70. The second-order valence-electron chi connectivity index (χ2n) is 7.79. The fourth-order valence-electron chi connectivity index (χ4n) is 3.69. The Bertz CT molecular complexity index is 1200. The molecule has 0 unspecified atom stereocenters. The zero-order valence-electron chi connectivity index (χ0n) is 17.7. The number of para-hydroxylation sites is 1. The summed E-state index contributed by atoms with van der Waals surface area (Å²) in [6.07, 6.45) is 9.24. The summed E-state index contributed by atoms with van der Waals surface area (Å²) in [6, 6.07) is 9.48. The maximum Gasteiger partial charge on any atom is 0.267 e. The molecule has 0 bridgehead atoms. The van der Waals surface area contributed by atoms with Crippen molar-refractivity contribution >= 4 is 39.2 Å². The Labute approximate surface area is 190 Å². The number of thioether (sulfide) groups is 1. The number of fused-ring (bicyclic) bond motifs is 1. The summed E-state index contributed by atoms with van der Waals surface area (Å²) in [5, 5.41) is 6.28. The first kappa shape index (κ1) is 21.7. The Morgan fingerprint density at radius 2 is 2.03 bits per heavy atom. The van der Waals surface area contributed by atoms with Gasteiger partial charge in [0.05, 0.1) is 16.8 Å². The molecule has 1 aromatic carbocycles. The maximum atomic E-state index is 13.6. The first-order valence-electron chi connectivity index (χ1n) is 10.5. The second kappa shape index (κ2) is 8.89. The van der Waals surface area contributed by atoms with Crippen LogP contribution in [0.2, 0.25) is 0 Å². The number of hydrogen-bond acceptors (Lipinski definition) is 5. The number of amides is 1. The molecule has 0 aliphatic heterocycles. The number of benzene rings is 1. The number of aromatic nitrogens is 2. The largest absolute Gasteiger partial charge is 0.339 e. The SMILES string of the molecule is C#CC(CC)(CC)NC(=O)CSc1nc2scc(C3CC3)c2c(=O)n1-c1ccccc1. The Morgan fingerprint density at radius 3 is 2.65 bits per heavy atom. The fourth-order valence-corrected chi connectivity index (χ4v) is 5.56. The lowest BCUT2D eigenvalue weighted by molar-refractivity contribution is -0.119. The van der Waals surface area contributed by atoms with Crippen molar-refractivity contribution in [3.05, 3.63) is 51.6 Å². The van der Waals surface area contributed by atoms with Gasteiger partial charge in [0, 0.05) is 0 Å². The summed E-state index contributed by atoms with van der Waals surface area (Å²) < 4.78 is 1.63. The molecule has 1 aliphatic carbocycles. The van der Waals surface area contributed by atoms with Crippen LogP contribution in [0.4, 0.5) is 0 Å². The molecule has 3 aromatic rings. The summed E-state index contributed by atoms with van der Waals surface area (Å²) in [4.78, 5) is 31.8. The predicted molar refractivity (Wildman–Crippen MR) is 128 cm³/mol. The zero-order valence-corrected chi connectivity index (χ0v) is 19.3. The highest BCUT2D eigenvalue weighted by atomic mass is 32.2. The first-order chi connectivity index (χ1) is 15.0. The lowest BCUT2D eigenvalue weighted by Gasteiger charge is -2.27. The van der Waals surface area contributed by atoms with Crippen molar-refractivity contribution in [2.24, 2.45) is 0 Å². The number of rotatable bonds is 8. The van der Waals surface area contributed by atoms with Crippen LogP contribution in [-0.2, 0) is 4.79 Å². The molecule has 0 spiro atoms. The molecule has 2 aromatic heterocycles. The molecular weight excluding hydrogens is 426 g/mol. The van der Waals surface area contributed by atoms with E-state index in [9.17, 15) is 9.59 Å². The van der Waals surface area contributed by atoms with Crippen LogP contribution < -0.4 is 10.9 Å². The number of hydrogen-bond donors (Lipinski definition) is 1. The van der Waals surface area contributed by atoms with Crippen LogP contribution in [0, 0.1) is 12.3 Å². The van der Waals surface area contributed by atoms with Crippen LogP contribution in [0.15, 0.2) is 45.7 Å². The molecule has 31 heavy (non-hydrogen) atoms. The minimum absolute atomic E-state index is 0.0673. The smallest absolute Gasteiger partial charge is 0.267 e. The maximum absolute atomic E-state index is 13.6. The topological polar surface area (TPSA) is 64.0 Å². The van der Waals surface area contributed by atoms with Crippen LogP contribution >= 0.6 is 23.1 Å². The zero-order chi connectivity index (χ0) is 22.0. The third-order valence-corrected chi connectivity index (χ3v) is 7.66. The lowest BCUT2D eigenvalue weighted by atomic mass is 9.94. The average molecular weight is 452 g/mol. The van der Waals surface area contributed by atoms with Crippen molar-refractivity contribution in [1.82, 2.24) is 14.9 Å². The quantitative estimate of drug-likeness (QED) is 0.306. The van der Waals surface area contributed by atoms with E-state index in [0.29, 0.717) is 29.3 Å². The number of nitrogens with zero attached hydrogens (tertiary/aromatic N) is 2. The predicted octanol–water partition coefficient (Wildman–Crippen LogP) is 4.72. The molecule has 4 rings (SSSR count). The number of nitrogens with one attached hydrogen (secondary N) is 1. The molecule has 0 radical (unpaired) electrons. The van der Waals surface area contributed by atoms with Gasteiger partial charge in [-0.05, 0) is 54.7 Å². The van der Waals surface area contributed by atoms with E-state index in [0.717, 1.165) is 28.9 Å². The van der Waals surface area contributed by atoms with Crippen LogP contribution in [0.3, 0.4) is 0 Å². The molecule has 1 fully saturated rings. The average Bonchev–Trinajstić information content (AvgIpc) is 3.55. The van der Waals surface area contributed by atoms with E-state index in [1.165, 1.54) is 23.1 Å². The third-order valence-electron chi connectivity index (χ3n) is 5.83. The summed E-state index contributed by atoms with van der Waals surface area (Å²) in [7, 11) is 0. The van der Waals surface area contributed by atoms with E-state index >= 15 is 0 Å². The minimum Gasteiger partial charge on any atom is -0.339 e. The standard InChI is InChI=1S/C24H25N3O2S2/c1-4-24(5-2,6-3)26-19(28)15-31-23-25-21-20(18(14-30-21)16-12-13-16)22(29)27(23)17-10-8-7-9-11-17/h1,7-11,14,16H,5-6,12-13,15H2,2-3H3,(H,26,28). The number of thiophene rings is 1. The van der Waals surface area contributed by atoms with Crippen molar-refractivity contribution in [2.45, 2.75) is 56.1 Å². The Morgan fingerprint density at radius 1 is 1.32 bits per heavy atom. The molecule has 0 saturated heterocycles. The second-order valence-corrected chi connectivity index (χ2v) is 9.59. The monoisotopic (exact) mass is 451 g/mol. The normalized spacial score (nSPS) is 13.8. The molecule has 2 heterocycles. The van der Waals surface area contributed by atoms with Crippen molar-refractivity contribution in [3.8, 4) is 18.0 Å². The molecule has 7 heteroatoms. The lowest BCUT2D eigenvalue weighted by Crippen LogP contribution is -2.47. The molecular formula is C24H25N3O2S2. The van der Waals surface area contributed by atoms with Gasteiger partial charge in [-0.15, -0.1) is 17.8 Å². The number of terminal acetylenes is 1. The summed E-state index contributed by atoms with van der Waals surface area (Å²) >= 11 is 2.77. The number of carbonyl (C=O) groups is 1. The molecule has 1 amide bonds. The van der Waals surface area contributed by atoms with Gasteiger partial charge in [0.1, 0.15) is 10.4 Å². The Hall–Kier alpha value is -2.56. The van der Waals surface area contributed by atoms with E-state index in [1.54, 1.807) is 4.57 Å². The van der Waals surface area contributed by atoms with Crippen LogP contribution in [0.25, 0.3) is 15.9 Å². The molecule has 0 atom stereocenters. The van der Waals surface area contributed by atoms with Gasteiger partial charge >= 0.3 is 0 Å². The fraction of sp³-hybridized carbons (Fsp3) is 0.375. The van der Waals surface area contributed by atoms with Gasteiger partial charge in [0.25, 0.3) is 5.56 Å². The number of carbonyl (C=O) groups excluding carboxylic acids is 1. The van der Waals surface area contributed by atoms with Crippen molar-refractivity contribution in [1.29, 1.82) is 0 Å². The first-order valence-corrected chi connectivity index (χ1v) is 12.4. The van der Waals surface area contributed by atoms with E-state index in [4.69, 9.17) is 11.4 Å². The summed E-state index contributed by atoms with van der Waals surface area (Å²) in [5.74, 6) is 3.16. The molecule has 160 valence electrons. The van der Waals surface area contributed by atoms with Gasteiger partial charge in [-0.3, -0.25) is 14.2 Å². The van der Waals surface area contributed by atoms with E-state index in [2.05, 4.69) is 16.6 Å². The minimum atomic E-state index is -0.638. The van der Waals surface area contributed by atoms with E-state index in [1.807, 2.05) is 44.2 Å². The third kappa shape index (κ3) is 4.28. The Kier molecular flexibility index (Phi) is 6.22. The van der Waals surface area contributed by atoms with Gasteiger partial charge in [-0.1, -0.05) is 49.7 Å². The molecule has 5 nitrogen and oxygen atoms in total. The highest BCUT2D eigenvalue weighted by Crippen LogP contribution is 2.44. The van der Waals surface area contributed by atoms with Crippen LogP contribution in [0.1, 0.15) is 51.0 Å². The molecule has 1 N–H and O–H groups in total. The van der Waals surface area contributed by atoms with Gasteiger partial charge in [0.2, 0.25) is 5.91 Å². The highest BCUT2D eigenvalue weighted by molar-refractivity contribution is 7.99. The van der Waals surface area contributed by atoms with Crippen molar-refractivity contribution in [3.63, 3.8) is 0 Å². The van der Waals surface area contributed by atoms with Crippen LogP contribution in [0.5, 0.6) is 0 Å². The van der Waals surface area contributed by atoms with Crippen molar-refractivity contribution < 1.29 is 4.79 Å².